The Balaban J connectivity index is 1.33. The van der Waals surface area contributed by atoms with Crippen molar-refractivity contribution in [3.63, 3.8) is 0 Å². The van der Waals surface area contributed by atoms with Crippen molar-refractivity contribution in [3.8, 4) is 5.88 Å². The monoisotopic (exact) mass is 528 g/mol. The van der Waals surface area contributed by atoms with Gasteiger partial charge in [-0.25, -0.2) is 4.98 Å². The lowest BCUT2D eigenvalue weighted by Crippen LogP contribution is -2.58. The molecule has 190 valence electrons. The highest BCUT2D eigenvalue weighted by molar-refractivity contribution is 7.70. The maximum Gasteiger partial charge on any atom is 0.239 e. The third-order valence-electron chi connectivity index (χ3n) is 6.70. The molecule has 2 aromatic heterocycles. The molecule has 36 heavy (non-hydrogen) atoms. The van der Waals surface area contributed by atoms with Crippen molar-refractivity contribution in [2.75, 3.05) is 62.3 Å². The summed E-state index contributed by atoms with van der Waals surface area (Å²) >= 11 is 6.38. The number of para-hydroxylation sites is 1. The van der Waals surface area contributed by atoms with Crippen LogP contribution in [0.15, 0.2) is 42.6 Å². The fourth-order valence-corrected chi connectivity index (χ4v) is 6.01. The van der Waals surface area contributed by atoms with Crippen molar-refractivity contribution in [1.29, 1.82) is 0 Å². The van der Waals surface area contributed by atoms with Crippen LogP contribution in [0.25, 0.3) is 0 Å². The summed E-state index contributed by atoms with van der Waals surface area (Å²) in [6.07, 6.45) is 3.72. The van der Waals surface area contributed by atoms with Gasteiger partial charge in [0.2, 0.25) is 11.8 Å². The van der Waals surface area contributed by atoms with E-state index in [2.05, 4.69) is 25.5 Å². The topological polar surface area (TPSA) is 102 Å². The van der Waals surface area contributed by atoms with E-state index in [4.69, 9.17) is 26.1 Å². The molecule has 0 aliphatic carbocycles. The van der Waals surface area contributed by atoms with E-state index in [1.165, 1.54) is 6.20 Å². The van der Waals surface area contributed by atoms with E-state index < -0.39 is 7.14 Å². The molecule has 1 aromatic carbocycles. The number of nitrogens with one attached hydrogen (secondary N) is 2. The number of benzene rings is 1. The Morgan fingerprint density at radius 2 is 1.81 bits per heavy atom. The summed E-state index contributed by atoms with van der Waals surface area (Å²) in [5.41, 5.74) is 1.69. The summed E-state index contributed by atoms with van der Waals surface area (Å²) in [6.45, 7) is 7.11. The zero-order valence-electron chi connectivity index (χ0n) is 20.6. The van der Waals surface area contributed by atoms with Crippen molar-refractivity contribution in [1.82, 2.24) is 15.0 Å². The van der Waals surface area contributed by atoms with Gasteiger partial charge >= 0.3 is 0 Å². The Bertz CT molecular complexity index is 1300. The predicted molar refractivity (Wildman–Crippen MR) is 145 cm³/mol. The highest BCUT2D eigenvalue weighted by Crippen LogP contribution is 2.42. The molecule has 2 N–H and O–H groups in total. The number of rotatable bonds is 7. The van der Waals surface area contributed by atoms with Gasteiger partial charge in [-0.1, -0.05) is 23.7 Å². The SMILES string of the molecule is COc1nc(N2CC3(CCOCC3)C2)ccc1Nc1ncc(Cl)c(Nc2ccccc2P(C)(C)=O)n1. The fourth-order valence-electron chi connectivity index (χ4n) is 4.72. The molecule has 0 saturated carbocycles. The minimum absolute atomic E-state index is 0.327. The molecule has 0 radical (unpaired) electrons. The summed E-state index contributed by atoms with van der Waals surface area (Å²) < 4.78 is 23.8. The summed E-state index contributed by atoms with van der Waals surface area (Å²) in [7, 11) is -0.916. The zero-order chi connectivity index (χ0) is 25.3. The van der Waals surface area contributed by atoms with E-state index in [0.29, 0.717) is 39.5 Å². The molecule has 4 heterocycles. The lowest BCUT2D eigenvalue weighted by Gasteiger charge is -2.52. The van der Waals surface area contributed by atoms with Crippen LogP contribution in [0.1, 0.15) is 12.8 Å². The van der Waals surface area contributed by atoms with Crippen molar-refractivity contribution < 1.29 is 14.0 Å². The summed E-state index contributed by atoms with van der Waals surface area (Å²) in [4.78, 5) is 15.8. The van der Waals surface area contributed by atoms with E-state index in [1.54, 1.807) is 20.4 Å². The van der Waals surface area contributed by atoms with Gasteiger partial charge in [0.05, 0.1) is 19.0 Å². The van der Waals surface area contributed by atoms with Crippen LogP contribution >= 0.6 is 18.7 Å². The number of methoxy groups -OCH3 is 1. The van der Waals surface area contributed by atoms with Crippen LogP contribution in [-0.2, 0) is 9.30 Å². The molecule has 5 rings (SSSR count). The van der Waals surface area contributed by atoms with Crippen LogP contribution in [-0.4, -0.2) is 61.7 Å². The third kappa shape index (κ3) is 5.14. The van der Waals surface area contributed by atoms with E-state index in [1.807, 2.05) is 36.4 Å². The van der Waals surface area contributed by atoms with Gasteiger partial charge in [-0.3, -0.25) is 0 Å². The lowest BCUT2D eigenvalue weighted by atomic mass is 9.73. The number of hydrogen-bond acceptors (Lipinski definition) is 9. The van der Waals surface area contributed by atoms with Crippen molar-refractivity contribution in [2.45, 2.75) is 12.8 Å². The first-order valence-corrected chi connectivity index (χ1v) is 14.8. The Morgan fingerprint density at radius 3 is 2.53 bits per heavy atom. The number of aromatic nitrogens is 3. The van der Waals surface area contributed by atoms with Crippen LogP contribution < -0.4 is 25.6 Å². The normalized spacial score (nSPS) is 16.9. The molecule has 2 fully saturated rings. The summed E-state index contributed by atoms with van der Waals surface area (Å²) in [5, 5.41) is 7.47. The number of halogens is 1. The fraction of sp³-hybridized carbons (Fsp3) is 0.400. The van der Waals surface area contributed by atoms with Crippen molar-refractivity contribution in [2.24, 2.45) is 5.41 Å². The smallest absolute Gasteiger partial charge is 0.239 e. The Labute approximate surface area is 216 Å². The molecule has 1 spiro atoms. The third-order valence-corrected chi connectivity index (χ3v) is 8.52. The summed E-state index contributed by atoms with van der Waals surface area (Å²) in [5.74, 6) is 2.07. The van der Waals surface area contributed by atoms with E-state index >= 15 is 0 Å². The molecule has 11 heteroatoms. The van der Waals surface area contributed by atoms with Crippen molar-refractivity contribution in [3.05, 3.63) is 47.6 Å². The van der Waals surface area contributed by atoms with Gasteiger partial charge in [0, 0.05) is 37.0 Å². The number of hydrogen-bond donors (Lipinski definition) is 2. The van der Waals surface area contributed by atoms with Crippen molar-refractivity contribution >= 4 is 53.0 Å². The van der Waals surface area contributed by atoms with Gasteiger partial charge in [-0.2, -0.15) is 9.97 Å². The largest absolute Gasteiger partial charge is 0.479 e. The maximum absolute atomic E-state index is 12.7. The van der Waals surface area contributed by atoms with Gasteiger partial charge in [-0.15, -0.1) is 0 Å². The first kappa shape index (κ1) is 24.8. The second-order valence-corrected chi connectivity index (χ2v) is 13.3. The minimum atomic E-state index is -2.51. The Morgan fingerprint density at radius 1 is 1.06 bits per heavy atom. The molecule has 2 aliphatic rings. The molecule has 2 aliphatic heterocycles. The van der Waals surface area contributed by atoms with Crippen LogP contribution in [0.4, 0.5) is 29.0 Å². The highest BCUT2D eigenvalue weighted by Gasteiger charge is 2.44. The predicted octanol–water partition coefficient (Wildman–Crippen LogP) is 4.89. The van der Waals surface area contributed by atoms with Gasteiger partial charge in [0.15, 0.2) is 5.82 Å². The second-order valence-electron chi connectivity index (χ2n) is 9.70. The zero-order valence-corrected chi connectivity index (χ0v) is 22.3. The lowest BCUT2D eigenvalue weighted by molar-refractivity contribution is -0.000479. The van der Waals surface area contributed by atoms with Gasteiger partial charge in [-0.05, 0) is 50.4 Å². The second kappa shape index (κ2) is 9.88. The standard InChI is InChI=1S/C25H30ClN6O3P/c1-34-23-19(8-9-21(30-23)32-15-25(16-32)10-12-35-13-11-25)29-24-27-14-17(26)22(31-24)28-18-6-4-5-7-20(18)36(2,3)33/h4-9,14H,10-13,15-16H2,1-3H3,(H2,27,28,29,31). The quantitative estimate of drug-likeness (QED) is 0.415. The average molecular weight is 529 g/mol. The maximum atomic E-state index is 12.7. The van der Waals surface area contributed by atoms with Crippen LogP contribution in [0, 0.1) is 5.41 Å². The van der Waals surface area contributed by atoms with Crippen LogP contribution in [0.3, 0.4) is 0 Å². The molecule has 3 aromatic rings. The Hall–Kier alpha value is -2.87. The highest BCUT2D eigenvalue weighted by atomic mass is 35.5. The van der Waals surface area contributed by atoms with Gasteiger partial charge in [0.1, 0.15) is 23.7 Å². The molecular formula is C25H30ClN6O3P. The van der Waals surface area contributed by atoms with E-state index in [9.17, 15) is 4.57 Å². The molecular weight excluding hydrogens is 499 g/mol. The molecule has 0 atom stereocenters. The van der Waals surface area contributed by atoms with E-state index in [0.717, 1.165) is 50.3 Å². The molecule has 2 saturated heterocycles. The van der Waals surface area contributed by atoms with E-state index in [-0.39, 0.29) is 0 Å². The number of ether oxygens (including phenoxy) is 2. The first-order valence-electron chi connectivity index (χ1n) is 11.9. The number of anilines is 5. The Kier molecular flexibility index (Phi) is 6.81. The molecule has 0 amide bonds. The minimum Gasteiger partial charge on any atom is -0.479 e. The molecule has 0 unspecified atom stereocenters. The average Bonchev–Trinajstić information content (AvgIpc) is 2.85. The molecule has 0 bridgehead atoms. The summed E-state index contributed by atoms with van der Waals surface area (Å²) in [6, 6.07) is 11.3. The van der Waals surface area contributed by atoms with Gasteiger partial charge < -0.3 is 29.6 Å². The van der Waals surface area contributed by atoms with Crippen LogP contribution in [0.5, 0.6) is 5.88 Å². The van der Waals surface area contributed by atoms with Crippen LogP contribution in [0.2, 0.25) is 5.02 Å². The molecule has 9 nitrogen and oxygen atoms in total. The number of nitrogens with zero attached hydrogens (tertiary/aromatic N) is 4. The first-order chi connectivity index (χ1) is 17.3. The number of pyridine rings is 1. The van der Waals surface area contributed by atoms with Gasteiger partial charge in [0.25, 0.3) is 0 Å².